The van der Waals surface area contributed by atoms with Gasteiger partial charge in [-0.1, -0.05) is 48.5 Å². The number of hydrogen-bond donors (Lipinski definition) is 1. The van der Waals surface area contributed by atoms with Crippen LogP contribution in [0.1, 0.15) is 11.1 Å². The first-order valence-corrected chi connectivity index (χ1v) is 10.3. The molecule has 5 nitrogen and oxygen atoms in total. The van der Waals surface area contributed by atoms with Crippen molar-refractivity contribution in [2.45, 2.75) is 6.42 Å². The summed E-state index contributed by atoms with van der Waals surface area (Å²) in [7, 11) is -1.49. The highest BCUT2D eigenvalue weighted by atomic mass is 32.2. The molecule has 29 heavy (non-hydrogen) atoms. The Bertz CT molecular complexity index is 1060. The molecule has 1 N–H and O–H groups in total. The summed E-state index contributed by atoms with van der Waals surface area (Å²) in [4.78, 5) is 11.8. The Kier molecular flexibility index (Phi) is 5.72. The molecule has 4 rings (SSSR count). The van der Waals surface area contributed by atoms with Gasteiger partial charge in [-0.3, -0.25) is 9.52 Å². The molecule has 146 valence electrons. The molecule has 1 unspecified atom stereocenters. The Hall–Kier alpha value is -3.38. The summed E-state index contributed by atoms with van der Waals surface area (Å²) in [6.07, 6.45) is 2.05. The van der Waals surface area contributed by atoms with Gasteiger partial charge < -0.3 is 9.47 Å². The van der Waals surface area contributed by atoms with Crippen molar-refractivity contribution in [2.24, 2.45) is 0 Å². The van der Waals surface area contributed by atoms with Crippen molar-refractivity contribution in [3.63, 3.8) is 0 Å². The van der Waals surface area contributed by atoms with Crippen LogP contribution in [0.3, 0.4) is 0 Å². The second-order valence-electron chi connectivity index (χ2n) is 6.39. The fourth-order valence-corrected chi connectivity index (χ4v) is 3.87. The van der Waals surface area contributed by atoms with Gasteiger partial charge in [-0.2, -0.15) is 0 Å². The SMILES string of the molecule is O=C1C=C(c2ccc(OCCc3ccccc3Oc3ccccc3)cc2)S(=O)N1. The van der Waals surface area contributed by atoms with E-state index in [4.69, 9.17) is 9.47 Å². The van der Waals surface area contributed by atoms with Crippen molar-refractivity contribution in [3.8, 4) is 17.2 Å². The Morgan fingerprint density at radius 3 is 2.28 bits per heavy atom. The van der Waals surface area contributed by atoms with E-state index in [0.29, 0.717) is 23.7 Å². The van der Waals surface area contributed by atoms with E-state index in [0.717, 1.165) is 22.6 Å². The zero-order chi connectivity index (χ0) is 20.1. The lowest BCUT2D eigenvalue weighted by molar-refractivity contribution is -0.114. The topological polar surface area (TPSA) is 64.6 Å². The summed E-state index contributed by atoms with van der Waals surface area (Å²) in [5.74, 6) is 1.97. The number of nitrogens with one attached hydrogen (secondary N) is 1. The first-order valence-electron chi connectivity index (χ1n) is 9.17. The number of rotatable bonds is 7. The fraction of sp³-hybridized carbons (Fsp3) is 0.0870. The van der Waals surface area contributed by atoms with Crippen molar-refractivity contribution in [1.29, 1.82) is 0 Å². The zero-order valence-electron chi connectivity index (χ0n) is 15.5. The van der Waals surface area contributed by atoms with Gasteiger partial charge in [0.05, 0.1) is 11.5 Å². The molecule has 0 radical (unpaired) electrons. The summed E-state index contributed by atoms with van der Waals surface area (Å²) in [5.41, 5.74) is 1.79. The number of para-hydroxylation sites is 2. The lowest BCUT2D eigenvalue weighted by Crippen LogP contribution is -2.16. The smallest absolute Gasteiger partial charge is 0.257 e. The van der Waals surface area contributed by atoms with Gasteiger partial charge in [-0.05, 0) is 41.5 Å². The number of carbonyl (C=O) groups excluding carboxylic acids is 1. The maximum Gasteiger partial charge on any atom is 0.257 e. The molecule has 0 bridgehead atoms. The van der Waals surface area contributed by atoms with Crippen LogP contribution in [-0.4, -0.2) is 16.7 Å². The third-order valence-corrected chi connectivity index (χ3v) is 5.52. The molecule has 0 saturated heterocycles. The summed E-state index contributed by atoms with van der Waals surface area (Å²) in [6.45, 7) is 0.489. The number of benzene rings is 3. The maximum absolute atomic E-state index is 11.8. The maximum atomic E-state index is 11.8. The largest absolute Gasteiger partial charge is 0.493 e. The highest BCUT2D eigenvalue weighted by Crippen LogP contribution is 2.26. The van der Waals surface area contributed by atoms with Gasteiger partial charge in [0, 0.05) is 12.5 Å². The Balaban J connectivity index is 1.37. The van der Waals surface area contributed by atoms with Crippen molar-refractivity contribution in [3.05, 3.63) is 96.1 Å². The van der Waals surface area contributed by atoms with Crippen molar-refractivity contribution in [1.82, 2.24) is 4.72 Å². The number of ether oxygens (including phenoxy) is 2. The van der Waals surface area contributed by atoms with Crippen LogP contribution < -0.4 is 14.2 Å². The summed E-state index contributed by atoms with van der Waals surface area (Å²) < 4.78 is 26.0. The second kappa shape index (κ2) is 8.75. The van der Waals surface area contributed by atoms with Gasteiger partial charge in [0.1, 0.15) is 17.2 Å². The van der Waals surface area contributed by atoms with Gasteiger partial charge in [0.15, 0.2) is 11.0 Å². The molecule has 0 spiro atoms. The Morgan fingerprint density at radius 2 is 1.55 bits per heavy atom. The first-order chi connectivity index (χ1) is 14.2. The summed E-state index contributed by atoms with van der Waals surface area (Å²) in [5, 5.41) is 0. The molecule has 1 aliphatic heterocycles. The van der Waals surface area contributed by atoms with Gasteiger partial charge in [-0.25, -0.2) is 4.21 Å². The molecule has 0 aliphatic carbocycles. The minimum Gasteiger partial charge on any atom is -0.493 e. The van der Waals surface area contributed by atoms with E-state index in [9.17, 15) is 9.00 Å². The van der Waals surface area contributed by atoms with E-state index in [2.05, 4.69) is 4.72 Å². The molecule has 0 aromatic heterocycles. The lowest BCUT2D eigenvalue weighted by atomic mass is 10.1. The average Bonchev–Trinajstić information content (AvgIpc) is 3.08. The summed E-state index contributed by atoms with van der Waals surface area (Å²) in [6, 6.07) is 24.8. The predicted molar refractivity (Wildman–Crippen MR) is 113 cm³/mol. The van der Waals surface area contributed by atoms with Crippen LogP contribution in [0.15, 0.2) is 84.9 Å². The molecule has 3 aromatic rings. The zero-order valence-corrected chi connectivity index (χ0v) is 16.4. The van der Waals surface area contributed by atoms with Crippen LogP contribution in [0.4, 0.5) is 0 Å². The molecule has 1 amide bonds. The van der Waals surface area contributed by atoms with Crippen LogP contribution >= 0.6 is 0 Å². The third kappa shape index (κ3) is 4.73. The molecule has 3 aromatic carbocycles. The predicted octanol–water partition coefficient (Wildman–Crippen LogP) is 4.23. The molecule has 1 heterocycles. The van der Waals surface area contributed by atoms with Gasteiger partial charge in [0.2, 0.25) is 0 Å². The van der Waals surface area contributed by atoms with E-state index in [1.165, 1.54) is 6.08 Å². The number of carbonyl (C=O) groups is 1. The average molecular weight is 405 g/mol. The van der Waals surface area contributed by atoms with Crippen molar-refractivity contribution >= 4 is 21.8 Å². The van der Waals surface area contributed by atoms with Gasteiger partial charge >= 0.3 is 0 Å². The molecule has 0 fully saturated rings. The minimum atomic E-state index is -1.49. The molecular weight excluding hydrogens is 386 g/mol. The van der Waals surface area contributed by atoms with Crippen LogP contribution in [-0.2, 0) is 22.2 Å². The van der Waals surface area contributed by atoms with Crippen LogP contribution in [0, 0.1) is 0 Å². The fourth-order valence-electron chi connectivity index (χ4n) is 2.96. The normalized spacial score (nSPS) is 15.5. The second-order valence-corrected chi connectivity index (χ2v) is 7.57. The van der Waals surface area contributed by atoms with E-state index < -0.39 is 11.0 Å². The third-order valence-electron chi connectivity index (χ3n) is 4.38. The minimum absolute atomic E-state index is 0.338. The molecule has 1 aliphatic rings. The highest BCUT2D eigenvalue weighted by molar-refractivity contribution is 7.93. The van der Waals surface area contributed by atoms with Crippen molar-refractivity contribution in [2.75, 3.05) is 6.61 Å². The number of hydrogen-bond acceptors (Lipinski definition) is 4. The van der Waals surface area contributed by atoms with Gasteiger partial charge in [0.25, 0.3) is 5.91 Å². The van der Waals surface area contributed by atoms with E-state index >= 15 is 0 Å². The van der Waals surface area contributed by atoms with Crippen LogP contribution in [0.5, 0.6) is 17.2 Å². The Labute approximate surface area is 171 Å². The highest BCUT2D eigenvalue weighted by Gasteiger charge is 2.20. The molecule has 1 atom stereocenters. The number of amides is 1. The molecule has 6 heteroatoms. The monoisotopic (exact) mass is 405 g/mol. The quantitative estimate of drug-likeness (QED) is 0.639. The standard InChI is InChI=1S/C23H19NO4S/c25-23-16-22(29(26)24-23)18-10-12-19(13-11-18)27-15-14-17-6-4-5-9-21(17)28-20-7-2-1-3-8-20/h1-13,16H,14-15H2,(H,24,25). The molecule has 0 saturated carbocycles. The van der Waals surface area contributed by atoms with Crippen molar-refractivity contribution < 1.29 is 18.5 Å². The van der Waals surface area contributed by atoms with Gasteiger partial charge in [-0.15, -0.1) is 0 Å². The van der Waals surface area contributed by atoms with E-state index in [1.807, 2.05) is 66.7 Å². The summed E-state index contributed by atoms with van der Waals surface area (Å²) >= 11 is 0. The van der Waals surface area contributed by atoms with Crippen LogP contribution in [0.25, 0.3) is 4.91 Å². The lowest BCUT2D eigenvalue weighted by Gasteiger charge is -2.12. The first kappa shape index (κ1) is 19.0. The van der Waals surface area contributed by atoms with Crippen LogP contribution in [0.2, 0.25) is 0 Å². The Morgan fingerprint density at radius 1 is 0.828 bits per heavy atom. The molecular formula is C23H19NO4S. The van der Waals surface area contributed by atoms with E-state index in [-0.39, 0.29) is 5.91 Å². The van der Waals surface area contributed by atoms with E-state index in [1.54, 1.807) is 12.1 Å².